The fourth-order valence-corrected chi connectivity index (χ4v) is 4.39. The standard InChI is InChI=1S/C24H23N7O5/c32-21(14-33-17-4-2-1-3-5-17)26-19-12-34-23-20(13-35-22(19)23)31-24(27-28-29-31)36-18-8-6-16(7-9-18)30-11-10-25-15-30/h1-11,15,19-20,22-23H,12-14H2,(H,26,32). The first kappa shape index (κ1) is 22.2. The molecule has 184 valence electrons. The molecule has 36 heavy (non-hydrogen) atoms. The first-order valence-corrected chi connectivity index (χ1v) is 11.5. The molecule has 0 radical (unpaired) electrons. The smallest absolute Gasteiger partial charge is 0.341 e. The molecule has 12 heteroatoms. The maximum absolute atomic E-state index is 12.4. The zero-order valence-electron chi connectivity index (χ0n) is 19.1. The van der Waals surface area contributed by atoms with Gasteiger partial charge >= 0.3 is 6.01 Å². The van der Waals surface area contributed by atoms with Crippen molar-refractivity contribution in [3.63, 3.8) is 0 Å². The van der Waals surface area contributed by atoms with Gasteiger partial charge in [-0.2, -0.15) is 4.68 Å². The molecule has 2 aliphatic rings. The monoisotopic (exact) mass is 489 g/mol. The Morgan fingerprint density at radius 3 is 2.67 bits per heavy atom. The summed E-state index contributed by atoms with van der Waals surface area (Å²) < 4.78 is 26.9. The molecule has 12 nitrogen and oxygen atoms in total. The number of rotatable bonds is 8. The maximum Gasteiger partial charge on any atom is 0.341 e. The highest BCUT2D eigenvalue weighted by Crippen LogP contribution is 2.36. The second kappa shape index (κ2) is 9.76. The Hall–Kier alpha value is -4.29. The molecule has 6 rings (SSSR count). The number of carbonyl (C=O) groups is 1. The molecule has 4 atom stereocenters. The number of amides is 1. The lowest BCUT2D eigenvalue weighted by atomic mass is 10.1. The highest BCUT2D eigenvalue weighted by atomic mass is 16.6. The Morgan fingerprint density at radius 1 is 1.03 bits per heavy atom. The van der Waals surface area contributed by atoms with Crippen LogP contribution in [0.5, 0.6) is 17.5 Å². The summed E-state index contributed by atoms with van der Waals surface area (Å²) in [4.78, 5) is 16.5. The summed E-state index contributed by atoms with van der Waals surface area (Å²) in [6.07, 6.45) is 4.64. The van der Waals surface area contributed by atoms with Gasteiger partial charge in [0, 0.05) is 18.1 Å². The second-order valence-corrected chi connectivity index (χ2v) is 8.41. The summed E-state index contributed by atoms with van der Waals surface area (Å²) in [5.74, 6) is 0.972. The zero-order valence-corrected chi connectivity index (χ0v) is 19.1. The SMILES string of the molecule is O=C(COc1ccccc1)NC1COC2C1OCC2n1nnnc1Oc1ccc(-n2ccnc2)cc1. The predicted octanol–water partition coefficient (Wildman–Crippen LogP) is 1.55. The average molecular weight is 489 g/mol. The molecule has 0 spiro atoms. The normalized spacial score (nSPS) is 22.8. The van der Waals surface area contributed by atoms with E-state index in [1.54, 1.807) is 29.3 Å². The van der Waals surface area contributed by atoms with E-state index in [9.17, 15) is 4.79 Å². The Labute approximate surface area is 205 Å². The molecule has 4 aromatic rings. The van der Waals surface area contributed by atoms with Gasteiger partial charge in [-0.25, -0.2) is 4.98 Å². The van der Waals surface area contributed by atoms with Gasteiger partial charge in [-0.3, -0.25) is 4.79 Å². The van der Waals surface area contributed by atoms with Gasteiger partial charge in [0.25, 0.3) is 5.91 Å². The Kier molecular flexibility index (Phi) is 6.01. The van der Waals surface area contributed by atoms with E-state index >= 15 is 0 Å². The third kappa shape index (κ3) is 4.51. The Balaban J connectivity index is 1.07. The number of nitrogens with zero attached hydrogens (tertiary/aromatic N) is 6. The second-order valence-electron chi connectivity index (χ2n) is 8.41. The van der Waals surface area contributed by atoms with Gasteiger partial charge in [-0.15, -0.1) is 0 Å². The molecule has 4 heterocycles. The van der Waals surface area contributed by atoms with Crippen LogP contribution in [0, 0.1) is 0 Å². The van der Waals surface area contributed by atoms with Crippen LogP contribution in [0.25, 0.3) is 5.69 Å². The van der Waals surface area contributed by atoms with Crippen LogP contribution in [0.4, 0.5) is 0 Å². The molecule has 0 aliphatic carbocycles. The summed E-state index contributed by atoms with van der Waals surface area (Å²) in [7, 11) is 0. The minimum Gasteiger partial charge on any atom is -0.484 e. The van der Waals surface area contributed by atoms with Gasteiger partial charge in [-0.05, 0) is 46.8 Å². The predicted molar refractivity (Wildman–Crippen MR) is 124 cm³/mol. The van der Waals surface area contributed by atoms with Crippen molar-refractivity contribution in [3.05, 3.63) is 73.3 Å². The summed E-state index contributed by atoms with van der Waals surface area (Å²) in [6, 6.07) is 16.3. The number of ether oxygens (including phenoxy) is 4. The first-order valence-electron chi connectivity index (χ1n) is 11.5. The molecule has 1 N–H and O–H groups in total. The largest absolute Gasteiger partial charge is 0.484 e. The molecule has 1 amide bonds. The highest BCUT2D eigenvalue weighted by molar-refractivity contribution is 5.78. The summed E-state index contributed by atoms with van der Waals surface area (Å²) >= 11 is 0. The van der Waals surface area contributed by atoms with Crippen LogP contribution in [-0.4, -0.2) is 73.7 Å². The number of aromatic nitrogens is 6. The first-order chi connectivity index (χ1) is 17.7. The number of imidazole rings is 1. The summed E-state index contributed by atoms with van der Waals surface area (Å²) in [6.45, 7) is 0.548. The topological polar surface area (TPSA) is 127 Å². The molecular formula is C24H23N7O5. The van der Waals surface area contributed by atoms with Gasteiger partial charge in [-0.1, -0.05) is 23.3 Å². The lowest BCUT2D eigenvalue weighted by Crippen LogP contribution is -2.45. The number of nitrogens with one attached hydrogen (secondary N) is 1. The fourth-order valence-electron chi connectivity index (χ4n) is 4.39. The van der Waals surface area contributed by atoms with Gasteiger partial charge in [0.1, 0.15) is 29.7 Å². The lowest BCUT2D eigenvalue weighted by molar-refractivity contribution is -0.124. The molecular weight excluding hydrogens is 466 g/mol. The van der Waals surface area contributed by atoms with Gasteiger partial charge in [0.15, 0.2) is 6.61 Å². The van der Waals surface area contributed by atoms with Crippen molar-refractivity contribution in [3.8, 4) is 23.2 Å². The van der Waals surface area contributed by atoms with Crippen LogP contribution < -0.4 is 14.8 Å². The minimum atomic E-state index is -0.334. The van der Waals surface area contributed by atoms with E-state index in [4.69, 9.17) is 18.9 Å². The molecule has 2 aromatic carbocycles. The molecule has 2 fully saturated rings. The van der Waals surface area contributed by atoms with Crippen molar-refractivity contribution in [1.29, 1.82) is 0 Å². The number of benzene rings is 2. The third-order valence-electron chi connectivity index (χ3n) is 6.11. The number of tetrazole rings is 1. The van der Waals surface area contributed by atoms with E-state index in [0.29, 0.717) is 24.7 Å². The van der Waals surface area contributed by atoms with E-state index in [-0.39, 0.29) is 42.8 Å². The zero-order chi connectivity index (χ0) is 24.3. The van der Waals surface area contributed by atoms with Crippen LogP contribution in [0.1, 0.15) is 6.04 Å². The van der Waals surface area contributed by atoms with E-state index in [2.05, 4.69) is 25.8 Å². The maximum atomic E-state index is 12.4. The van der Waals surface area contributed by atoms with Crippen molar-refractivity contribution in [2.24, 2.45) is 0 Å². The molecule has 0 bridgehead atoms. The van der Waals surface area contributed by atoms with Crippen LogP contribution in [0.2, 0.25) is 0 Å². The molecule has 2 aliphatic heterocycles. The van der Waals surface area contributed by atoms with Gasteiger partial charge < -0.3 is 28.8 Å². The fraction of sp³-hybridized carbons (Fsp3) is 0.292. The summed E-state index contributed by atoms with van der Waals surface area (Å²) in [5, 5.41) is 14.9. The van der Waals surface area contributed by atoms with Crippen molar-refractivity contribution >= 4 is 5.91 Å². The van der Waals surface area contributed by atoms with Gasteiger partial charge in [0.2, 0.25) is 0 Å². The van der Waals surface area contributed by atoms with E-state index in [0.717, 1.165) is 5.69 Å². The van der Waals surface area contributed by atoms with Crippen LogP contribution >= 0.6 is 0 Å². The number of hydrogen-bond acceptors (Lipinski definition) is 9. The number of fused-ring (bicyclic) bond motifs is 1. The average Bonchev–Trinajstić information content (AvgIpc) is 3.71. The Bertz CT molecular complexity index is 1300. The van der Waals surface area contributed by atoms with Crippen LogP contribution in [0.15, 0.2) is 73.3 Å². The Morgan fingerprint density at radius 2 is 1.86 bits per heavy atom. The van der Waals surface area contributed by atoms with Crippen molar-refractivity contribution < 1.29 is 23.7 Å². The molecule has 0 saturated carbocycles. The lowest BCUT2D eigenvalue weighted by Gasteiger charge is -2.18. The van der Waals surface area contributed by atoms with Crippen LogP contribution in [0.3, 0.4) is 0 Å². The molecule has 2 saturated heterocycles. The molecule has 2 aromatic heterocycles. The number of hydrogen-bond donors (Lipinski definition) is 1. The van der Waals surface area contributed by atoms with E-state index in [1.807, 2.05) is 53.2 Å². The number of para-hydroxylation sites is 1. The highest BCUT2D eigenvalue weighted by Gasteiger charge is 2.50. The summed E-state index contributed by atoms with van der Waals surface area (Å²) in [5.41, 5.74) is 0.952. The third-order valence-corrected chi connectivity index (χ3v) is 6.11. The van der Waals surface area contributed by atoms with E-state index in [1.165, 1.54) is 0 Å². The van der Waals surface area contributed by atoms with Crippen molar-refractivity contribution in [2.75, 3.05) is 19.8 Å². The molecule has 4 unspecified atom stereocenters. The van der Waals surface area contributed by atoms with Crippen molar-refractivity contribution in [2.45, 2.75) is 24.3 Å². The van der Waals surface area contributed by atoms with Crippen LogP contribution in [-0.2, 0) is 14.3 Å². The minimum absolute atomic E-state index is 0.0913. The number of carbonyl (C=O) groups excluding carboxylic acids is 1. The van der Waals surface area contributed by atoms with Crippen molar-refractivity contribution in [1.82, 2.24) is 35.1 Å². The van der Waals surface area contributed by atoms with E-state index < -0.39 is 0 Å². The quantitative estimate of drug-likeness (QED) is 0.392. The van der Waals surface area contributed by atoms with Gasteiger partial charge in [0.05, 0.1) is 25.6 Å².